The first-order valence-electron chi connectivity index (χ1n) is 7.00. The molecule has 0 aromatic heterocycles. The molecule has 0 radical (unpaired) electrons. The van der Waals surface area contributed by atoms with Gasteiger partial charge in [0.25, 0.3) is 0 Å². The second-order valence-corrected chi connectivity index (χ2v) is 4.98. The van der Waals surface area contributed by atoms with E-state index in [-0.39, 0.29) is 5.97 Å². The number of esters is 1. The first-order valence-corrected chi connectivity index (χ1v) is 7.00. The van der Waals surface area contributed by atoms with Gasteiger partial charge in [-0.05, 0) is 18.8 Å². The van der Waals surface area contributed by atoms with Crippen LogP contribution in [0.2, 0.25) is 0 Å². The Labute approximate surface area is 106 Å². The lowest BCUT2D eigenvalue weighted by molar-refractivity contribution is -0.138. The molecule has 0 aliphatic carbocycles. The van der Waals surface area contributed by atoms with E-state index >= 15 is 0 Å². The molecule has 0 atom stereocenters. The van der Waals surface area contributed by atoms with E-state index in [1.807, 2.05) is 19.9 Å². The van der Waals surface area contributed by atoms with Gasteiger partial charge < -0.3 is 4.74 Å². The monoisotopic (exact) mass is 240 g/mol. The molecule has 0 amide bonds. The van der Waals surface area contributed by atoms with Crippen molar-refractivity contribution in [3.05, 3.63) is 12.2 Å². The highest BCUT2D eigenvalue weighted by atomic mass is 16.5. The molecule has 0 aliphatic rings. The summed E-state index contributed by atoms with van der Waals surface area (Å²) in [6.45, 7) is 6.81. The number of unbranched alkanes of at least 4 members (excludes halogenated alkanes) is 6. The van der Waals surface area contributed by atoms with Crippen LogP contribution in [0, 0.1) is 5.92 Å². The van der Waals surface area contributed by atoms with Crippen molar-refractivity contribution in [2.75, 3.05) is 6.61 Å². The van der Waals surface area contributed by atoms with Gasteiger partial charge in [0.05, 0.1) is 6.61 Å². The van der Waals surface area contributed by atoms with Crippen LogP contribution in [-0.2, 0) is 9.53 Å². The molecule has 17 heavy (non-hydrogen) atoms. The fourth-order valence-electron chi connectivity index (χ4n) is 1.52. The Balaban J connectivity index is 3.32. The van der Waals surface area contributed by atoms with Gasteiger partial charge in [0.2, 0.25) is 0 Å². The smallest absolute Gasteiger partial charge is 0.330 e. The Hall–Kier alpha value is -0.790. The Morgan fingerprint density at radius 3 is 2.41 bits per heavy atom. The van der Waals surface area contributed by atoms with Crippen molar-refractivity contribution in [3.8, 4) is 0 Å². The third kappa shape index (κ3) is 13.1. The van der Waals surface area contributed by atoms with Crippen LogP contribution in [0.15, 0.2) is 12.2 Å². The average Bonchev–Trinajstić information content (AvgIpc) is 2.30. The molecular formula is C15H28O2. The standard InChI is InChI=1S/C15H28O2/c1-4-5-6-7-8-9-10-11-12-15(16)17-13-14(2)3/h11-12,14H,4-10,13H2,1-3H3. The molecule has 0 saturated heterocycles. The highest BCUT2D eigenvalue weighted by Gasteiger charge is 1.98. The third-order valence-corrected chi connectivity index (χ3v) is 2.54. The lowest BCUT2D eigenvalue weighted by Crippen LogP contribution is -2.06. The Kier molecular flexibility index (Phi) is 11.1. The van der Waals surface area contributed by atoms with Crippen molar-refractivity contribution in [3.63, 3.8) is 0 Å². The Morgan fingerprint density at radius 1 is 1.12 bits per heavy atom. The maximum atomic E-state index is 11.2. The largest absolute Gasteiger partial charge is 0.462 e. The zero-order valence-corrected chi connectivity index (χ0v) is 11.7. The molecule has 0 aromatic carbocycles. The molecule has 0 aliphatic heterocycles. The predicted molar refractivity (Wildman–Crippen MR) is 72.9 cm³/mol. The third-order valence-electron chi connectivity index (χ3n) is 2.54. The van der Waals surface area contributed by atoms with Gasteiger partial charge in [0, 0.05) is 6.08 Å². The van der Waals surface area contributed by atoms with Gasteiger partial charge in [-0.1, -0.05) is 59.0 Å². The molecule has 0 unspecified atom stereocenters. The van der Waals surface area contributed by atoms with E-state index < -0.39 is 0 Å². The number of ether oxygens (including phenoxy) is 1. The summed E-state index contributed by atoms with van der Waals surface area (Å²) in [4.78, 5) is 11.2. The van der Waals surface area contributed by atoms with E-state index in [2.05, 4.69) is 6.92 Å². The van der Waals surface area contributed by atoms with E-state index in [4.69, 9.17) is 4.74 Å². The van der Waals surface area contributed by atoms with E-state index in [0.29, 0.717) is 12.5 Å². The van der Waals surface area contributed by atoms with Gasteiger partial charge in [-0.3, -0.25) is 0 Å². The first-order chi connectivity index (χ1) is 8.16. The van der Waals surface area contributed by atoms with Gasteiger partial charge in [0.1, 0.15) is 0 Å². The van der Waals surface area contributed by atoms with Gasteiger partial charge in [-0.25, -0.2) is 4.79 Å². The van der Waals surface area contributed by atoms with Gasteiger partial charge in [0.15, 0.2) is 0 Å². The van der Waals surface area contributed by atoms with Gasteiger partial charge >= 0.3 is 5.97 Å². The maximum absolute atomic E-state index is 11.2. The van der Waals surface area contributed by atoms with Gasteiger partial charge in [-0.2, -0.15) is 0 Å². The zero-order valence-electron chi connectivity index (χ0n) is 11.7. The average molecular weight is 240 g/mol. The number of carbonyl (C=O) groups excluding carboxylic acids is 1. The predicted octanol–water partition coefficient (Wildman–Crippen LogP) is 4.49. The van der Waals surface area contributed by atoms with Crippen molar-refractivity contribution < 1.29 is 9.53 Å². The molecule has 0 aromatic rings. The number of hydrogen-bond acceptors (Lipinski definition) is 2. The second kappa shape index (κ2) is 11.7. The lowest BCUT2D eigenvalue weighted by atomic mass is 10.1. The minimum atomic E-state index is -0.204. The number of carbonyl (C=O) groups is 1. The van der Waals surface area contributed by atoms with E-state index in [1.54, 1.807) is 6.08 Å². The summed E-state index contributed by atoms with van der Waals surface area (Å²) < 4.78 is 5.04. The van der Waals surface area contributed by atoms with Crippen molar-refractivity contribution in [1.82, 2.24) is 0 Å². The number of hydrogen-bond donors (Lipinski definition) is 0. The quantitative estimate of drug-likeness (QED) is 0.319. The summed E-state index contributed by atoms with van der Waals surface area (Å²) in [5.41, 5.74) is 0. The fraction of sp³-hybridized carbons (Fsp3) is 0.800. The molecule has 2 nitrogen and oxygen atoms in total. The molecule has 0 heterocycles. The minimum absolute atomic E-state index is 0.204. The van der Waals surface area contributed by atoms with Crippen LogP contribution >= 0.6 is 0 Å². The molecule has 0 spiro atoms. The summed E-state index contributed by atoms with van der Waals surface area (Å²) in [5, 5.41) is 0. The molecule has 2 heteroatoms. The van der Waals surface area contributed by atoms with Crippen LogP contribution in [0.5, 0.6) is 0 Å². The SMILES string of the molecule is CCCCCCCCC=CC(=O)OCC(C)C. The Morgan fingerprint density at radius 2 is 1.76 bits per heavy atom. The number of allylic oxidation sites excluding steroid dienone is 1. The highest BCUT2D eigenvalue weighted by molar-refractivity contribution is 5.81. The van der Waals surface area contributed by atoms with Crippen LogP contribution in [0.25, 0.3) is 0 Å². The zero-order chi connectivity index (χ0) is 12.9. The van der Waals surface area contributed by atoms with Crippen molar-refractivity contribution in [2.45, 2.75) is 65.7 Å². The fourth-order valence-corrected chi connectivity index (χ4v) is 1.52. The minimum Gasteiger partial charge on any atom is -0.462 e. The molecule has 0 N–H and O–H groups in total. The summed E-state index contributed by atoms with van der Waals surface area (Å²) in [6, 6.07) is 0. The number of rotatable bonds is 10. The molecule has 0 bridgehead atoms. The van der Waals surface area contributed by atoms with E-state index in [9.17, 15) is 4.79 Å². The van der Waals surface area contributed by atoms with Crippen LogP contribution in [-0.4, -0.2) is 12.6 Å². The van der Waals surface area contributed by atoms with Crippen molar-refractivity contribution >= 4 is 5.97 Å². The Bertz CT molecular complexity index is 207. The highest BCUT2D eigenvalue weighted by Crippen LogP contribution is 2.07. The summed E-state index contributed by atoms with van der Waals surface area (Å²) >= 11 is 0. The van der Waals surface area contributed by atoms with E-state index in [1.165, 1.54) is 38.5 Å². The van der Waals surface area contributed by atoms with Crippen molar-refractivity contribution in [2.24, 2.45) is 5.92 Å². The van der Waals surface area contributed by atoms with Crippen molar-refractivity contribution in [1.29, 1.82) is 0 Å². The normalized spacial score (nSPS) is 11.3. The molecule has 0 saturated carbocycles. The van der Waals surface area contributed by atoms with Crippen LogP contribution in [0.4, 0.5) is 0 Å². The lowest BCUT2D eigenvalue weighted by Gasteiger charge is -2.03. The van der Waals surface area contributed by atoms with Crippen LogP contribution in [0.3, 0.4) is 0 Å². The summed E-state index contributed by atoms with van der Waals surface area (Å²) in [6.07, 6.45) is 12.2. The molecule has 0 rings (SSSR count). The van der Waals surface area contributed by atoms with Gasteiger partial charge in [-0.15, -0.1) is 0 Å². The maximum Gasteiger partial charge on any atom is 0.330 e. The van der Waals surface area contributed by atoms with Crippen LogP contribution < -0.4 is 0 Å². The molecular weight excluding hydrogens is 212 g/mol. The van der Waals surface area contributed by atoms with Crippen LogP contribution in [0.1, 0.15) is 65.7 Å². The summed E-state index contributed by atoms with van der Waals surface area (Å²) in [7, 11) is 0. The first kappa shape index (κ1) is 16.2. The topological polar surface area (TPSA) is 26.3 Å². The molecule has 0 fully saturated rings. The summed E-state index contributed by atoms with van der Waals surface area (Å²) in [5.74, 6) is 0.204. The molecule has 100 valence electrons. The van der Waals surface area contributed by atoms with E-state index in [0.717, 1.165) is 6.42 Å². The second-order valence-electron chi connectivity index (χ2n) is 4.98.